The lowest BCUT2D eigenvalue weighted by Crippen LogP contribution is -2.64. The smallest absolute Gasteiger partial charge is 0.224 e. The summed E-state index contributed by atoms with van der Waals surface area (Å²) in [5.41, 5.74) is 4.96. The Hall–Kier alpha value is -2.91. The molecule has 4 aliphatic carbocycles. The van der Waals surface area contributed by atoms with Crippen molar-refractivity contribution >= 4 is 39.8 Å². The van der Waals surface area contributed by atoms with E-state index in [4.69, 9.17) is 55.7 Å². The van der Waals surface area contributed by atoms with Crippen molar-refractivity contribution in [3.63, 3.8) is 0 Å². The fourth-order valence-electron chi connectivity index (χ4n) is 12.1. The molecule has 0 bridgehead atoms. The molecule has 2 saturated heterocycles. The quantitative estimate of drug-likeness (QED) is 0.0637. The SMILES string of the molecule is CC[C@H]1OC(O)(c2ccc(Cl)c(Cc3ccc(OC4CC5CC5C4)cc3)c2)[C@H](O[Si](C)(C)C)[C@@H](O[Si](C)(C)C)[C@@H]1C.COC1(c2ccc(Cl)c(Cc3ccc(OC4CC5CC5C4)cc3)c2)O[C@H](CO)[C@@H](O)[C@H](O)[C@H]1O. The zero-order chi connectivity index (χ0) is 53.8. The summed E-state index contributed by atoms with van der Waals surface area (Å²) in [5, 5.41) is 54.5. The van der Waals surface area contributed by atoms with Crippen LogP contribution in [0.25, 0.3) is 0 Å². The Balaban J connectivity index is 0.000000187. The molecule has 6 unspecified atom stereocenters. The standard InChI is InChI=1S/C33H49ClO5Si2.C26H31ClO7/c1-9-30-21(2)31(38-40(3,4)5)32(39-41(6,7)8)33(35,37-30)26-12-15-29(34)25(18-26)16-22-10-13-27(14-11-22)36-28-19-23-17-24(23)20-28;1-32-26(25(31)24(30)23(29)22(13-28)34-26)18-4-7-21(27)17(10-18)8-14-2-5-19(6-3-14)33-20-11-15-9-16(15)12-20/h10-15,18,21,23-24,28,30-32,35H,9,16-17,19-20H2,1-8H3;2-7,10,15-16,20,22-25,28-31H,8-9,11-13H2,1H3/t21-,23?,24?,28?,30-,31+,32-,33?;15?,16?,20?,22-,23-,24+,25-,26?/m11/s1. The summed E-state index contributed by atoms with van der Waals surface area (Å²) in [7, 11) is -2.72. The summed E-state index contributed by atoms with van der Waals surface area (Å²) in [6, 6.07) is 27.1. The fraction of sp³-hybridized carbons (Fsp3) is 0.593. The molecule has 4 aromatic rings. The van der Waals surface area contributed by atoms with Gasteiger partial charge in [0.15, 0.2) is 16.6 Å². The van der Waals surface area contributed by atoms with Crippen LogP contribution in [0.2, 0.25) is 49.3 Å². The van der Waals surface area contributed by atoms with Crippen LogP contribution in [0.5, 0.6) is 11.5 Å². The van der Waals surface area contributed by atoms with E-state index in [1.807, 2.05) is 42.5 Å². The monoisotopic (exact) mass is 1110 g/mol. The maximum absolute atomic E-state index is 12.5. The third-order valence-corrected chi connectivity index (χ3v) is 19.0. The molecule has 0 spiro atoms. The topological polar surface area (TPSA) is 166 Å². The summed E-state index contributed by atoms with van der Waals surface area (Å²) >= 11 is 13.2. The van der Waals surface area contributed by atoms with Gasteiger partial charge in [0.05, 0.1) is 31.0 Å². The summed E-state index contributed by atoms with van der Waals surface area (Å²) < 4.78 is 43.8. The minimum Gasteiger partial charge on any atom is -0.490 e. The van der Waals surface area contributed by atoms with Crippen LogP contribution in [0, 0.1) is 29.6 Å². The van der Waals surface area contributed by atoms with Gasteiger partial charge in [0, 0.05) is 34.2 Å². The Morgan fingerprint density at radius 1 is 0.613 bits per heavy atom. The van der Waals surface area contributed by atoms with E-state index in [0.29, 0.717) is 46.2 Å². The Morgan fingerprint density at radius 2 is 1.08 bits per heavy atom. The number of hydrogen-bond donors (Lipinski definition) is 5. The summed E-state index contributed by atoms with van der Waals surface area (Å²) in [5.74, 6) is 2.01. The largest absolute Gasteiger partial charge is 0.490 e. The van der Waals surface area contributed by atoms with Crippen LogP contribution >= 0.6 is 23.2 Å². The molecular formula is C59H80Cl2O12Si2. The highest BCUT2D eigenvalue weighted by atomic mass is 35.5. The first-order chi connectivity index (χ1) is 35.5. The van der Waals surface area contributed by atoms with Gasteiger partial charge in [-0.1, -0.05) is 73.4 Å². The first-order valence-corrected chi connectivity index (χ1v) is 34.8. The number of fused-ring (bicyclic) bond motifs is 2. The number of methoxy groups -OCH3 is 1. The van der Waals surface area contributed by atoms with Crippen molar-refractivity contribution < 1.29 is 58.1 Å². The highest BCUT2D eigenvalue weighted by Gasteiger charge is 2.57. The van der Waals surface area contributed by atoms with Gasteiger partial charge in [-0.3, -0.25) is 0 Å². The van der Waals surface area contributed by atoms with Gasteiger partial charge in [0.25, 0.3) is 0 Å². The number of aliphatic hydroxyl groups excluding tert-OH is 4. The van der Waals surface area contributed by atoms with E-state index in [-0.39, 0.29) is 18.1 Å². The maximum Gasteiger partial charge on any atom is 0.224 e. The van der Waals surface area contributed by atoms with Gasteiger partial charge in [0.2, 0.25) is 11.6 Å². The van der Waals surface area contributed by atoms with Crippen molar-refractivity contribution in [3.05, 3.63) is 128 Å². The van der Waals surface area contributed by atoms with Crippen molar-refractivity contribution in [2.45, 2.75) is 177 Å². The Labute approximate surface area is 456 Å². The molecular weight excluding hydrogens is 1030 g/mol. The Bertz CT molecular complexity index is 2560. The highest BCUT2D eigenvalue weighted by Crippen LogP contribution is 2.54. The zero-order valence-corrected chi connectivity index (χ0v) is 48.6. The Kier molecular flexibility index (Phi) is 17.2. The molecule has 75 heavy (non-hydrogen) atoms. The number of rotatable bonds is 17. The second-order valence-corrected chi connectivity index (χ2v) is 34.0. The van der Waals surface area contributed by atoms with E-state index in [0.717, 1.165) is 76.7 Å². The minimum atomic E-state index is -2.09. The molecule has 5 N–H and O–H groups in total. The van der Waals surface area contributed by atoms with E-state index in [2.05, 4.69) is 77.4 Å². The lowest BCUT2D eigenvalue weighted by Gasteiger charge is -2.53. The highest BCUT2D eigenvalue weighted by molar-refractivity contribution is 6.70. The molecule has 0 aromatic heterocycles. The Morgan fingerprint density at radius 3 is 1.52 bits per heavy atom. The van der Waals surface area contributed by atoms with Crippen LogP contribution in [-0.4, -0.2) is 111 Å². The third kappa shape index (κ3) is 12.9. The van der Waals surface area contributed by atoms with Crippen LogP contribution in [0.4, 0.5) is 0 Å². The average molecular weight is 1110 g/mol. The van der Waals surface area contributed by atoms with Crippen LogP contribution in [0.15, 0.2) is 84.9 Å². The average Bonchev–Trinajstić information content (AvgIpc) is 4.22. The molecule has 6 fully saturated rings. The first kappa shape index (κ1) is 56.8. The second kappa shape index (κ2) is 22.7. The molecule has 4 aromatic carbocycles. The van der Waals surface area contributed by atoms with Gasteiger partial charge >= 0.3 is 0 Å². The number of aliphatic hydroxyl groups is 5. The second-order valence-electron chi connectivity index (χ2n) is 24.3. The maximum atomic E-state index is 12.5. The van der Waals surface area contributed by atoms with E-state index in [1.54, 1.807) is 18.2 Å². The predicted molar refractivity (Wildman–Crippen MR) is 295 cm³/mol. The molecule has 2 aliphatic heterocycles. The van der Waals surface area contributed by atoms with Crippen molar-refractivity contribution in [1.29, 1.82) is 0 Å². The van der Waals surface area contributed by atoms with Gasteiger partial charge in [-0.2, -0.15) is 0 Å². The molecule has 16 heteroatoms. The molecule has 2 heterocycles. The van der Waals surface area contributed by atoms with E-state index in [1.165, 1.54) is 32.8 Å². The van der Waals surface area contributed by atoms with Crippen LogP contribution in [-0.2, 0) is 47.5 Å². The van der Waals surface area contributed by atoms with Crippen molar-refractivity contribution in [3.8, 4) is 11.5 Å². The molecule has 4 saturated carbocycles. The predicted octanol–water partition coefficient (Wildman–Crippen LogP) is 10.5. The van der Waals surface area contributed by atoms with E-state index < -0.39 is 65.3 Å². The summed E-state index contributed by atoms with van der Waals surface area (Å²) in [6.07, 6.45) is 3.26. The van der Waals surface area contributed by atoms with Crippen LogP contribution < -0.4 is 9.47 Å². The molecule has 0 radical (unpaired) electrons. The van der Waals surface area contributed by atoms with Gasteiger partial charge < -0.3 is 58.1 Å². The van der Waals surface area contributed by atoms with Gasteiger partial charge in [-0.05, 0) is 192 Å². The molecule has 6 aliphatic rings. The molecule has 12 nitrogen and oxygen atoms in total. The molecule has 0 amide bonds. The number of halogens is 2. The van der Waals surface area contributed by atoms with Crippen molar-refractivity contribution in [2.75, 3.05) is 13.7 Å². The molecule has 14 atom stereocenters. The number of hydrogen-bond acceptors (Lipinski definition) is 12. The summed E-state index contributed by atoms with van der Waals surface area (Å²) in [4.78, 5) is 0. The lowest BCUT2D eigenvalue weighted by molar-refractivity contribution is -0.366. The van der Waals surface area contributed by atoms with Crippen molar-refractivity contribution in [2.24, 2.45) is 29.6 Å². The van der Waals surface area contributed by atoms with Crippen molar-refractivity contribution in [1.82, 2.24) is 0 Å². The van der Waals surface area contributed by atoms with Crippen LogP contribution in [0.3, 0.4) is 0 Å². The fourth-order valence-corrected chi connectivity index (χ4v) is 14.7. The van der Waals surface area contributed by atoms with Crippen LogP contribution in [0.1, 0.15) is 92.2 Å². The summed E-state index contributed by atoms with van der Waals surface area (Å²) in [6.45, 7) is 16.7. The van der Waals surface area contributed by atoms with Gasteiger partial charge in [0.1, 0.15) is 42.0 Å². The van der Waals surface area contributed by atoms with E-state index >= 15 is 0 Å². The lowest BCUT2D eigenvalue weighted by atomic mass is 9.82. The van der Waals surface area contributed by atoms with Gasteiger partial charge in [-0.15, -0.1) is 0 Å². The zero-order valence-electron chi connectivity index (χ0n) is 45.1. The normalized spacial score (nSPS) is 35.0. The number of ether oxygens (including phenoxy) is 5. The minimum absolute atomic E-state index is 0.0795. The first-order valence-electron chi connectivity index (χ1n) is 27.2. The van der Waals surface area contributed by atoms with E-state index in [9.17, 15) is 25.5 Å². The molecule has 10 rings (SSSR count). The third-order valence-electron chi connectivity index (χ3n) is 16.3. The molecule has 410 valence electrons. The van der Waals surface area contributed by atoms with Gasteiger partial charge in [-0.25, -0.2) is 0 Å². The number of benzene rings is 4.